The minimum Gasteiger partial charge on any atom is -0.481 e. The largest absolute Gasteiger partial charge is 0.481 e. The summed E-state index contributed by atoms with van der Waals surface area (Å²) in [5.41, 5.74) is -0.124. The molecule has 0 atom stereocenters. The summed E-state index contributed by atoms with van der Waals surface area (Å²) in [6.07, 6.45) is -0.113. The maximum absolute atomic E-state index is 13.2. The highest BCUT2D eigenvalue weighted by molar-refractivity contribution is 5.92. The third-order valence-corrected chi connectivity index (χ3v) is 2.01. The Morgan fingerprint density at radius 1 is 1.28 bits per heavy atom. The number of carboxylic acid groups (broad SMARTS) is 1. The van der Waals surface area contributed by atoms with Gasteiger partial charge in [0, 0.05) is 12.6 Å². The molecule has 0 aliphatic rings. The molecule has 0 aliphatic heterocycles. The third-order valence-electron chi connectivity index (χ3n) is 2.01. The number of nitrogens with one attached hydrogen (secondary N) is 2. The van der Waals surface area contributed by atoms with E-state index in [0.29, 0.717) is 6.07 Å². The van der Waals surface area contributed by atoms with Gasteiger partial charge in [-0.25, -0.2) is 8.78 Å². The first kappa shape index (κ1) is 14.0. The monoisotopic (exact) mass is 258 g/mol. The number of carbonyl (C=O) groups excluding carboxylic acids is 1. The predicted molar refractivity (Wildman–Crippen MR) is 60.1 cm³/mol. The van der Waals surface area contributed by atoms with E-state index in [2.05, 4.69) is 10.6 Å². The number of anilines is 1. The maximum atomic E-state index is 13.2. The molecule has 0 heterocycles. The molecule has 0 saturated carbocycles. The van der Waals surface area contributed by atoms with Crippen LogP contribution in [0, 0.1) is 11.6 Å². The molecule has 98 valence electrons. The van der Waals surface area contributed by atoms with Crippen LogP contribution in [0.25, 0.3) is 0 Å². The molecule has 0 unspecified atom stereocenters. The lowest BCUT2D eigenvalue weighted by atomic mass is 10.3. The topological polar surface area (TPSA) is 78.4 Å². The third kappa shape index (κ3) is 4.88. The van der Waals surface area contributed by atoms with Gasteiger partial charge in [-0.1, -0.05) is 0 Å². The molecule has 1 aromatic rings. The quantitative estimate of drug-likeness (QED) is 0.664. The van der Waals surface area contributed by atoms with Crippen LogP contribution in [0.15, 0.2) is 18.2 Å². The Balaban J connectivity index is 2.38. The Morgan fingerprint density at radius 2 is 2.00 bits per heavy atom. The van der Waals surface area contributed by atoms with Crippen molar-refractivity contribution in [3.05, 3.63) is 29.8 Å². The number of rotatable bonds is 6. The number of aliphatic carboxylic acids is 1. The number of amides is 1. The van der Waals surface area contributed by atoms with Crippen LogP contribution in [0.5, 0.6) is 0 Å². The summed E-state index contributed by atoms with van der Waals surface area (Å²) in [5, 5.41) is 13.2. The Kier molecular flexibility index (Phi) is 5.19. The summed E-state index contributed by atoms with van der Waals surface area (Å²) in [7, 11) is 0. The first-order valence-corrected chi connectivity index (χ1v) is 5.16. The van der Waals surface area contributed by atoms with Crippen molar-refractivity contribution in [2.75, 3.05) is 18.4 Å². The van der Waals surface area contributed by atoms with Crippen LogP contribution < -0.4 is 10.6 Å². The fraction of sp³-hybridized carbons (Fsp3) is 0.273. The molecule has 1 aromatic carbocycles. The van der Waals surface area contributed by atoms with Crippen LogP contribution in [0.2, 0.25) is 0 Å². The highest BCUT2D eigenvalue weighted by Gasteiger charge is 2.07. The van der Waals surface area contributed by atoms with Crippen molar-refractivity contribution in [3.63, 3.8) is 0 Å². The van der Waals surface area contributed by atoms with E-state index in [1.807, 2.05) is 0 Å². The predicted octanol–water partition coefficient (Wildman–Crippen LogP) is 0.968. The van der Waals surface area contributed by atoms with E-state index < -0.39 is 23.5 Å². The summed E-state index contributed by atoms with van der Waals surface area (Å²) in [6.45, 7) is -0.0151. The number of carbonyl (C=O) groups is 2. The minimum absolute atomic E-state index is 0.113. The molecular weight excluding hydrogens is 246 g/mol. The molecule has 5 nitrogen and oxygen atoms in total. The average Bonchev–Trinajstić information content (AvgIpc) is 2.28. The highest BCUT2D eigenvalue weighted by Crippen LogP contribution is 2.14. The van der Waals surface area contributed by atoms with Crippen molar-refractivity contribution in [2.45, 2.75) is 6.42 Å². The summed E-state index contributed by atoms with van der Waals surface area (Å²) >= 11 is 0. The van der Waals surface area contributed by atoms with Crippen molar-refractivity contribution in [3.8, 4) is 0 Å². The molecule has 0 bridgehead atoms. The van der Waals surface area contributed by atoms with Crippen molar-refractivity contribution in [2.24, 2.45) is 0 Å². The van der Waals surface area contributed by atoms with Gasteiger partial charge in [0.25, 0.3) is 0 Å². The van der Waals surface area contributed by atoms with E-state index in [4.69, 9.17) is 5.11 Å². The van der Waals surface area contributed by atoms with Crippen LogP contribution >= 0.6 is 0 Å². The van der Waals surface area contributed by atoms with Gasteiger partial charge in [-0.2, -0.15) is 0 Å². The molecule has 7 heteroatoms. The minimum atomic E-state index is -0.979. The molecular formula is C11H12F2N2O3. The van der Waals surface area contributed by atoms with E-state index in [0.717, 1.165) is 12.1 Å². The smallest absolute Gasteiger partial charge is 0.304 e. The zero-order valence-electron chi connectivity index (χ0n) is 9.37. The van der Waals surface area contributed by atoms with Crippen LogP contribution in [0.4, 0.5) is 14.5 Å². The van der Waals surface area contributed by atoms with E-state index >= 15 is 0 Å². The molecule has 0 fully saturated rings. The molecule has 3 N–H and O–H groups in total. The number of hydrogen-bond acceptors (Lipinski definition) is 3. The first-order chi connectivity index (χ1) is 8.49. The van der Waals surface area contributed by atoms with Gasteiger partial charge in [0.1, 0.15) is 11.6 Å². The van der Waals surface area contributed by atoms with Crippen LogP contribution in [-0.4, -0.2) is 30.1 Å². The fourth-order valence-corrected chi connectivity index (χ4v) is 1.18. The number of hydrogen-bond donors (Lipinski definition) is 3. The van der Waals surface area contributed by atoms with Crippen molar-refractivity contribution >= 4 is 17.6 Å². The molecule has 0 aromatic heterocycles. The first-order valence-electron chi connectivity index (χ1n) is 5.16. The number of carboxylic acids is 1. The second-order valence-corrected chi connectivity index (χ2v) is 3.49. The zero-order valence-corrected chi connectivity index (χ0v) is 9.37. The Labute approximate surface area is 102 Å². The van der Waals surface area contributed by atoms with E-state index in [9.17, 15) is 18.4 Å². The van der Waals surface area contributed by atoms with Gasteiger partial charge < -0.3 is 15.7 Å². The maximum Gasteiger partial charge on any atom is 0.304 e. The van der Waals surface area contributed by atoms with Crippen LogP contribution in [0.1, 0.15) is 6.42 Å². The molecule has 1 rings (SSSR count). The molecule has 0 aliphatic carbocycles. The van der Waals surface area contributed by atoms with Gasteiger partial charge in [-0.05, 0) is 12.1 Å². The van der Waals surface area contributed by atoms with Gasteiger partial charge in [0.15, 0.2) is 0 Å². The summed E-state index contributed by atoms with van der Waals surface area (Å²) in [4.78, 5) is 21.5. The molecule has 0 radical (unpaired) electrons. The Hall–Kier alpha value is -2.02. The van der Waals surface area contributed by atoms with Crippen molar-refractivity contribution < 1.29 is 23.5 Å². The van der Waals surface area contributed by atoms with Crippen molar-refractivity contribution in [1.29, 1.82) is 0 Å². The standard InChI is InChI=1S/C11H12F2N2O3/c12-7-1-2-9(8(13)5-7)15-10(16)6-14-4-3-11(17)18/h1-2,5,14H,3-4,6H2,(H,15,16)(H,17,18). The highest BCUT2D eigenvalue weighted by atomic mass is 19.1. The lowest BCUT2D eigenvalue weighted by molar-refractivity contribution is -0.137. The fourth-order valence-electron chi connectivity index (χ4n) is 1.18. The second kappa shape index (κ2) is 6.65. The van der Waals surface area contributed by atoms with Crippen LogP contribution in [0.3, 0.4) is 0 Å². The Morgan fingerprint density at radius 3 is 2.61 bits per heavy atom. The van der Waals surface area contributed by atoms with Gasteiger partial charge in [0.2, 0.25) is 5.91 Å². The van der Waals surface area contributed by atoms with Crippen molar-refractivity contribution in [1.82, 2.24) is 5.32 Å². The lowest BCUT2D eigenvalue weighted by Crippen LogP contribution is -2.29. The molecule has 1 amide bonds. The average molecular weight is 258 g/mol. The van der Waals surface area contributed by atoms with Crippen LogP contribution in [-0.2, 0) is 9.59 Å². The summed E-state index contributed by atoms with van der Waals surface area (Å²) in [5.74, 6) is -3.11. The molecule has 0 spiro atoms. The van der Waals surface area contributed by atoms with E-state index in [-0.39, 0.29) is 25.2 Å². The van der Waals surface area contributed by atoms with Gasteiger partial charge in [0.05, 0.1) is 18.7 Å². The normalized spacial score (nSPS) is 10.1. The second-order valence-electron chi connectivity index (χ2n) is 3.49. The SMILES string of the molecule is O=C(O)CCNCC(=O)Nc1ccc(F)cc1F. The molecule has 18 heavy (non-hydrogen) atoms. The summed E-state index contributed by atoms with van der Waals surface area (Å²) in [6, 6.07) is 2.80. The number of halogens is 2. The lowest BCUT2D eigenvalue weighted by Gasteiger charge is -2.07. The van der Waals surface area contributed by atoms with E-state index in [1.165, 1.54) is 0 Å². The summed E-state index contributed by atoms with van der Waals surface area (Å²) < 4.78 is 25.7. The Bertz CT molecular complexity index is 452. The van der Waals surface area contributed by atoms with Gasteiger partial charge in [-0.15, -0.1) is 0 Å². The zero-order chi connectivity index (χ0) is 13.5. The molecule has 0 saturated heterocycles. The van der Waals surface area contributed by atoms with Gasteiger partial charge >= 0.3 is 5.97 Å². The number of benzene rings is 1. The van der Waals surface area contributed by atoms with Gasteiger partial charge in [-0.3, -0.25) is 9.59 Å². The van der Waals surface area contributed by atoms with E-state index in [1.54, 1.807) is 0 Å².